The second-order valence-electron chi connectivity index (χ2n) is 6.78. The quantitative estimate of drug-likeness (QED) is 0.692. The predicted octanol–water partition coefficient (Wildman–Crippen LogP) is 5.00. The molecule has 1 heterocycles. The van der Waals surface area contributed by atoms with Gasteiger partial charge in [-0.15, -0.1) is 17.9 Å². The zero-order valence-corrected chi connectivity index (χ0v) is 15.7. The Kier molecular flexibility index (Phi) is 4.65. The Hall–Kier alpha value is -1.65. The number of aryl methyl sites for hydroxylation is 2. The van der Waals surface area contributed by atoms with E-state index in [0.717, 1.165) is 35.0 Å². The predicted molar refractivity (Wildman–Crippen MR) is 104 cm³/mol. The number of anilines is 1. The van der Waals surface area contributed by atoms with Gasteiger partial charge in [-0.1, -0.05) is 35.9 Å². The van der Waals surface area contributed by atoms with Gasteiger partial charge >= 0.3 is 0 Å². The van der Waals surface area contributed by atoms with Crippen molar-refractivity contribution in [2.45, 2.75) is 38.0 Å². The second-order valence-corrected chi connectivity index (χ2v) is 8.25. The van der Waals surface area contributed by atoms with Crippen molar-refractivity contribution in [3.63, 3.8) is 0 Å². The van der Waals surface area contributed by atoms with E-state index in [-0.39, 0.29) is 17.7 Å². The van der Waals surface area contributed by atoms with E-state index in [4.69, 9.17) is 16.6 Å². The van der Waals surface area contributed by atoms with E-state index in [0.29, 0.717) is 6.54 Å². The van der Waals surface area contributed by atoms with Crippen molar-refractivity contribution in [1.29, 1.82) is 0 Å². The summed E-state index contributed by atoms with van der Waals surface area (Å²) in [5.74, 6) is 0.375. The van der Waals surface area contributed by atoms with Crippen molar-refractivity contribution in [3.05, 3.63) is 58.1 Å². The minimum Gasteiger partial charge on any atom is -0.284 e. The van der Waals surface area contributed by atoms with Crippen LogP contribution < -0.4 is 4.90 Å². The number of carbonyl (C=O) groups is 1. The van der Waals surface area contributed by atoms with Gasteiger partial charge in [0, 0.05) is 22.4 Å². The zero-order chi connectivity index (χ0) is 17.4. The molecule has 4 rings (SSSR count). The van der Waals surface area contributed by atoms with E-state index >= 15 is 0 Å². The molecule has 0 saturated heterocycles. The third-order valence-electron chi connectivity index (χ3n) is 5.06. The molecule has 25 heavy (non-hydrogen) atoms. The lowest BCUT2D eigenvalue weighted by molar-refractivity contribution is -0.119. The molecule has 2 unspecified atom stereocenters. The third kappa shape index (κ3) is 3.25. The van der Waals surface area contributed by atoms with Crippen LogP contribution in [-0.2, 0) is 17.6 Å². The van der Waals surface area contributed by atoms with Crippen LogP contribution >= 0.6 is 22.9 Å². The van der Waals surface area contributed by atoms with Gasteiger partial charge in [-0.3, -0.25) is 9.69 Å². The summed E-state index contributed by atoms with van der Waals surface area (Å²) in [6.07, 6.45) is 7.19. The fraction of sp³-hybridized carbons (Fsp3) is 0.400. The summed E-state index contributed by atoms with van der Waals surface area (Å²) in [6, 6.07) is 7.83. The first-order valence-electron chi connectivity index (χ1n) is 8.84. The number of halogens is 1. The number of amides is 1. The molecule has 130 valence electrons. The van der Waals surface area contributed by atoms with Crippen LogP contribution in [0.25, 0.3) is 0 Å². The Morgan fingerprint density at radius 1 is 1.36 bits per heavy atom. The largest absolute Gasteiger partial charge is 0.284 e. The highest BCUT2D eigenvalue weighted by atomic mass is 35.5. The normalized spacial score (nSPS) is 21.5. The molecule has 1 aromatic carbocycles. The summed E-state index contributed by atoms with van der Waals surface area (Å²) >= 11 is 7.98. The van der Waals surface area contributed by atoms with Gasteiger partial charge in [0.2, 0.25) is 5.91 Å². The van der Waals surface area contributed by atoms with E-state index in [9.17, 15) is 4.79 Å². The van der Waals surface area contributed by atoms with Crippen LogP contribution in [0, 0.1) is 5.92 Å². The highest BCUT2D eigenvalue weighted by molar-refractivity contribution is 7.16. The maximum atomic E-state index is 13.1. The van der Waals surface area contributed by atoms with Crippen molar-refractivity contribution >= 4 is 34.0 Å². The third-order valence-corrected chi connectivity index (χ3v) is 6.58. The Bertz CT molecular complexity index is 792. The van der Waals surface area contributed by atoms with Crippen molar-refractivity contribution in [1.82, 2.24) is 4.98 Å². The summed E-state index contributed by atoms with van der Waals surface area (Å²) in [5.41, 5.74) is 2.27. The molecule has 2 aliphatic rings. The van der Waals surface area contributed by atoms with Gasteiger partial charge in [0.05, 0.1) is 5.69 Å². The van der Waals surface area contributed by atoms with Gasteiger partial charge in [-0.25, -0.2) is 4.98 Å². The van der Waals surface area contributed by atoms with E-state index < -0.39 is 0 Å². The Morgan fingerprint density at radius 2 is 2.16 bits per heavy atom. The second kappa shape index (κ2) is 6.93. The Labute approximate surface area is 157 Å². The topological polar surface area (TPSA) is 33.2 Å². The Balaban J connectivity index is 1.55. The van der Waals surface area contributed by atoms with E-state index in [2.05, 4.69) is 6.58 Å². The molecular formula is C20H21ClN2OS. The van der Waals surface area contributed by atoms with Gasteiger partial charge < -0.3 is 0 Å². The summed E-state index contributed by atoms with van der Waals surface area (Å²) in [5, 5.41) is 1.59. The average Bonchev–Trinajstić information content (AvgIpc) is 3.30. The number of benzene rings is 1. The molecule has 0 bridgehead atoms. The summed E-state index contributed by atoms with van der Waals surface area (Å²) in [6.45, 7) is 4.33. The van der Waals surface area contributed by atoms with E-state index in [1.165, 1.54) is 23.4 Å². The van der Waals surface area contributed by atoms with Crippen molar-refractivity contribution in [2.75, 3.05) is 11.4 Å². The van der Waals surface area contributed by atoms with Gasteiger partial charge in [-0.05, 0) is 49.7 Å². The molecule has 3 nitrogen and oxygen atoms in total. The zero-order valence-electron chi connectivity index (χ0n) is 14.1. The van der Waals surface area contributed by atoms with Crippen LogP contribution in [0.15, 0.2) is 36.9 Å². The fourth-order valence-corrected chi connectivity index (χ4v) is 5.07. The molecule has 1 aromatic heterocycles. The van der Waals surface area contributed by atoms with Crippen molar-refractivity contribution < 1.29 is 4.79 Å². The van der Waals surface area contributed by atoms with Crippen LogP contribution in [0.4, 0.5) is 5.13 Å². The molecular weight excluding hydrogens is 352 g/mol. The smallest absolute Gasteiger partial charge is 0.232 e. The molecule has 2 atom stereocenters. The first-order chi connectivity index (χ1) is 12.2. The van der Waals surface area contributed by atoms with Gasteiger partial charge in [0.25, 0.3) is 0 Å². The molecule has 0 N–H and O–H groups in total. The average molecular weight is 373 g/mol. The van der Waals surface area contributed by atoms with E-state index in [1.54, 1.807) is 17.4 Å². The molecule has 1 fully saturated rings. The lowest BCUT2D eigenvalue weighted by Crippen LogP contribution is -2.32. The number of thiazole rings is 1. The van der Waals surface area contributed by atoms with Gasteiger partial charge in [-0.2, -0.15) is 0 Å². The van der Waals surface area contributed by atoms with Crippen LogP contribution in [-0.4, -0.2) is 17.4 Å². The number of hydrogen-bond acceptors (Lipinski definition) is 3. The maximum Gasteiger partial charge on any atom is 0.232 e. The number of hydrogen-bond donors (Lipinski definition) is 0. The van der Waals surface area contributed by atoms with Gasteiger partial charge in [0.1, 0.15) is 0 Å². The Morgan fingerprint density at radius 3 is 2.92 bits per heavy atom. The number of rotatable bonds is 5. The fourth-order valence-electron chi connectivity index (χ4n) is 3.63. The van der Waals surface area contributed by atoms with Gasteiger partial charge in [0.15, 0.2) is 5.13 Å². The van der Waals surface area contributed by atoms with Crippen molar-refractivity contribution in [2.24, 2.45) is 5.92 Å². The molecule has 0 aliphatic heterocycles. The van der Waals surface area contributed by atoms with Crippen LogP contribution in [0.2, 0.25) is 5.02 Å². The number of aromatic nitrogens is 1. The maximum absolute atomic E-state index is 13.1. The number of fused-ring (bicyclic) bond motifs is 1. The minimum atomic E-state index is 0.000720. The molecule has 1 amide bonds. The molecule has 2 aromatic rings. The molecule has 0 spiro atoms. The first-order valence-corrected chi connectivity index (χ1v) is 10.0. The minimum absolute atomic E-state index is 0.000720. The molecule has 0 radical (unpaired) electrons. The highest BCUT2D eigenvalue weighted by Crippen LogP contribution is 2.51. The standard InChI is InChI=1S/C20H21ClN2OS/c1-2-11-23(20-22-17-9-5-6-10-18(17)25-20)19(24)15-12-14(15)13-7-3-4-8-16(13)21/h2-4,7-8,14-15H,1,5-6,9-12H2. The number of nitrogens with zero attached hydrogens (tertiary/aromatic N) is 2. The molecule has 5 heteroatoms. The monoisotopic (exact) mass is 372 g/mol. The summed E-state index contributed by atoms with van der Waals surface area (Å²) in [7, 11) is 0. The lowest BCUT2D eigenvalue weighted by atomic mass is 10.0. The summed E-state index contributed by atoms with van der Waals surface area (Å²) in [4.78, 5) is 21.0. The van der Waals surface area contributed by atoms with Crippen LogP contribution in [0.1, 0.15) is 41.3 Å². The SMILES string of the molecule is C=CCN(C(=O)C1CC1c1ccccc1Cl)c1nc2c(s1)CCCC2. The van der Waals surface area contributed by atoms with Crippen LogP contribution in [0.3, 0.4) is 0 Å². The molecule has 1 saturated carbocycles. The lowest BCUT2D eigenvalue weighted by Gasteiger charge is -2.18. The molecule has 2 aliphatic carbocycles. The van der Waals surface area contributed by atoms with Crippen LogP contribution in [0.5, 0.6) is 0 Å². The van der Waals surface area contributed by atoms with E-state index in [1.807, 2.05) is 29.2 Å². The summed E-state index contributed by atoms with van der Waals surface area (Å²) < 4.78 is 0. The van der Waals surface area contributed by atoms with Crippen molar-refractivity contribution in [3.8, 4) is 0 Å². The number of carbonyl (C=O) groups excluding carboxylic acids is 1. The highest BCUT2D eigenvalue weighted by Gasteiger charge is 2.47. The first kappa shape index (κ1) is 16.8.